The summed E-state index contributed by atoms with van der Waals surface area (Å²) < 4.78 is 45.3. The van der Waals surface area contributed by atoms with Crippen LogP contribution in [0.4, 0.5) is 18.9 Å². The van der Waals surface area contributed by atoms with E-state index in [9.17, 15) is 27.6 Å². The molecule has 8 heteroatoms. The summed E-state index contributed by atoms with van der Waals surface area (Å²) in [6.45, 7) is 0. The van der Waals surface area contributed by atoms with Gasteiger partial charge in [0.05, 0.1) is 18.7 Å². The maximum absolute atomic E-state index is 14.3. The Morgan fingerprint density at radius 2 is 1.49 bits per heavy atom. The number of rotatable bonds is 2. The summed E-state index contributed by atoms with van der Waals surface area (Å²) in [7, 11) is 1.21. The van der Waals surface area contributed by atoms with Crippen molar-refractivity contribution in [1.82, 2.24) is 0 Å². The summed E-state index contributed by atoms with van der Waals surface area (Å²) in [4.78, 5) is 43.7. The van der Waals surface area contributed by atoms with E-state index >= 15 is 0 Å². The maximum Gasteiger partial charge on any atom is 0.416 e. The number of fused-ring (bicyclic) bond motifs is 5. The van der Waals surface area contributed by atoms with Crippen molar-refractivity contribution in [3.63, 3.8) is 0 Å². The lowest BCUT2D eigenvalue weighted by molar-refractivity contribution is -0.142. The minimum atomic E-state index is -4.57. The van der Waals surface area contributed by atoms with Gasteiger partial charge in [0.2, 0.25) is 0 Å². The van der Waals surface area contributed by atoms with E-state index in [1.807, 2.05) is 18.2 Å². The molecule has 2 aliphatic heterocycles. The van der Waals surface area contributed by atoms with Crippen molar-refractivity contribution in [3.05, 3.63) is 107 Å². The molecule has 3 aromatic rings. The van der Waals surface area contributed by atoms with E-state index in [1.165, 1.54) is 19.2 Å². The molecule has 6 rings (SSSR count). The maximum atomic E-state index is 14.3. The molecule has 186 valence electrons. The standard InChI is InChI=1S/C29H20F3NO4/c1-37-27(36)24-23(17-10-13-18(14-11-17)29(30,31)32)28(25(34)19-7-3-4-8-20(19)26(28)35)22-15-12-16-6-2-5-9-21(16)33(22)24/h2-15,22-24H,1H3/t22?,23-,24+/m0/s1. The normalized spacial score (nSPS) is 23.1. The zero-order valence-corrected chi connectivity index (χ0v) is 19.5. The Kier molecular flexibility index (Phi) is 4.96. The monoisotopic (exact) mass is 503 g/mol. The number of esters is 1. The van der Waals surface area contributed by atoms with Gasteiger partial charge in [0.25, 0.3) is 0 Å². The molecule has 1 aliphatic carbocycles. The molecule has 1 spiro atoms. The fraction of sp³-hybridized carbons (Fsp3) is 0.207. The number of methoxy groups -OCH3 is 1. The minimum Gasteiger partial charge on any atom is -0.467 e. The molecule has 0 aromatic heterocycles. The van der Waals surface area contributed by atoms with Crippen LogP contribution in [0.1, 0.15) is 43.3 Å². The number of halogens is 3. The van der Waals surface area contributed by atoms with Gasteiger partial charge < -0.3 is 9.64 Å². The molecular formula is C29H20F3NO4. The molecule has 3 atom stereocenters. The van der Waals surface area contributed by atoms with Gasteiger partial charge in [-0.25, -0.2) is 4.79 Å². The van der Waals surface area contributed by atoms with E-state index in [4.69, 9.17) is 4.74 Å². The van der Waals surface area contributed by atoms with Crippen molar-refractivity contribution in [3.8, 4) is 0 Å². The number of Topliss-reactive ketones (excluding diaryl/α,β-unsaturated/α-hetero) is 2. The summed E-state index contributed by atoms with van der Waals surface area (Å²) in [5.74, 6) is -2.70. The zero-order chi connectivity index (χ0) is 26.1. The highest BCUT2D eigenvalue weighted by molar-refractivity contribution is 6.32. The third kappa shape index (κ3) is 3.01. The van der Waals surface area contributed by atoms with Gasteiger partial charge in [-0.05, 0) is 29.3 Å². The second-order valence-electron chi connectivity index (χ2n) is 9.41. The van der Waals surface area contributed by atoms with Crippen molar-refractivity contribution in [2.45, 2.75) is 24.2 Å². The van der Waals surface area contributed by atoms with E-state index in [-0.39, 0.29) is 16.7 Å². The molecule has 0 bridgehead atoms. The van der Waals surface area contributed by atoms with E-state index < -0.39 is 52.7 Å². The number of ether oxygens (including phenoxy) is 1. The van der Waals surface area contributed by atoms with Crippen LogP contribution in [0.25, 0.3) is 6.08 Å². The van der Waals surface area contributed by atoms with Gasteiger partial charge in [-0.2, -0.15) is 13.2 Å². The smallest absolute Gasteiger partial charge is 0.416 e. The van der Waals surface area contributed by atoms with E-state index in [2.05, 4.69) is 0 Å². The predicted molar refractivity (Wildman–Crippen MR) is 129 cm³/mol. The lowest BCUT2D eigenvalue weighted by Gasteiger charge is -2.36. The number of carbonyl (C=O) groups excluding carboxylic acids is 3. The number of para-hydroxylation sites is 1. The first kappa shape index (κ1) is 23.2. The third-order valence-electron chi connectivity index (χ3n) is 7.75. The molecule has 5 nitrogen and oxygen atoms in total. The molecule has 3 aromatic carbocycles. The van der Waals surface area contributed by atoms with Gasteiger partial charge in [-0.1, -0.05) is 66.7 Å². The molecule has 37 heavy (non-hydrogen) atoms. The molecule has 3 aliphatic rings. The Morgan fingerprint density at radius 1 is 0.892 bits per heavy atom. The number of carbonyl (C=O) groups is 3. The highest BCUT2D eigenvalue weighted by Gasteiger charge is 2.72. The summed E-state index contributed by atoms with van der Waals surface area (Å²) in [6, 6.07) is 16.1. The van der Waals surface area contributed by atoms with Crippen molar-refractivity contribution in [2.24, 2.45) is 5.41 Å². The first-order chi connectivity index (χ1) is 17.7. The second-order valence-corrected chi connectivity index (χ2v) is 9.41. The zero-order valence-electron chi connectivity index (χ0n) is 19.5. The van der Waals surface area contributed by atoms with Crippen LogP contribution in [-0.2, 0) is 15.7 Å². The van der Waals surface area contributed by atoms with Crippen LogP contribution in [0.5, 0.6) is 0 Å². The van der Waals surface area contributed by atoms with Gasteiger partial charge in [0.1, 0.15) is 11.5 Å². The highest BCUT2D eigenvalue weighted by Crippen LogP contribution is 2.60. The molecule has 0 N–H and O–H groups in total. The van der Waals surface area contributed by atoms with Crippen molar-refractivity contribution >= 4 is 29.3 Å². The molecule has 2 heterocycles. The Labute approximate surface area is 210 Å². The van der Waals surface area contributed by atoms with Gasteiger partial charge in [0, 0.05) is 22.7 Å². The van der Waals surface area contributed by atoms with Crippen molar-refractivity contribution in [2.75, 3.05) is 12.0 Å². The largest absolute Gasteiger partial charge is 0.467 e. The summed E-state index contributed by atoms with van der Waals surface area (Å²) in [5, 5.41) is 0. The second kappa shape index (κ2) is 7.90. The molecule has 1 saturated heterocycles. The molecule has 1 unspecified atom stereocenters. The molecule has 0 radical (unpaired) electrons. The van der Waals surface area contributed by atoms with Gasteiger partial charge in [-0.15, -0.1) is 0 Å². The quantitative estimate of drug-likeness (QED) is 0.350. The van der Waals surface area contributed by atoms with Crippen LogP contribution >= 0.6 is 0 Å². The predicted octanol–water partition coefficient (Wildman–Crippen LogP) is 5.31. The van der Waals surface area contributed by atoms with Crippen LogP contribution in [-0.4, -0.2) is 36.7 Å². The minimum absolute atomic E-state index is 0.238. The molecule has 0 amide bonds. The molecule has 1 fully saturated rings. The Morgan fingerprint density at radius 3 is 2.08 bits per heavy atom. The van der Waals surface area contributed by atoms with Crippen LogP contribution in [0, 0.1) is 5.41 Å². The van der Waals surface area contributed by atoms with Gasteiger partial charge in [-0.3, -0.25) is 9.59 Å². The summed E-state index contributed by atoms with van der Waals surface area (Å²) >= 11 is 0. The van der Waals surface area contributed by atoms with Crippen LogP contribution in [0.3, 0.4) is 0 Å². The average molecular weight is 503 g/mol. The van der Waals surface area contributed by atoms with Gasteiger partial charge in [0.15, 0.2) is 11.6 Å². The highest BCUT2D eigenvalue weighted by atomic mass is 19.4. The number of benzene rings is 3. The van der Waals surface area contributed by atoms with Crippen molar-refractivity contribution in [1.29, 1.82) is 0 Å². The summed E-state index contributed by atoms with van der Waals surface area (Å²) in [5.41, 5.74) is -0.468. The topological polar surface area (TPSA) is 63.7 Å². The lowest BCUT2D eigenvalue weighted by Crippen LogP contribution is -2.48. The lowest BCUT2D eigenvalue weighted by atomic mass is 9.64. The molecular weight excluding hydrogens is 483 g/mol. The Balaban J connectivity index is 1.65. The number of alkyl halides is 3. The number of hydrogen-bond donors (Lipinski definition) is 0. The van der Waals surface area contributed by atoms with Crippen LogP contribution in [0.15, 0.2) is 78.9 Å². The number of nitrogens with zero attached hydrogens (tertiary/aromatic N) is 1. The van der Waals surface area contributed by atoms with E-state index in [0.717, 1.165) is 17.7 Å². The third-order valence-corrected chi connectivity index (χ3v) is 7.75. The SMILES string of the molecule is COC(=O)[C@H]1[C@H](c2ccc(C(F)(F)F)cc2)C2(C(=O)c3ccccc3C2=O)C2C=Cc3ccccc3N21. The van der Waals surface area contributed by atoms with Gasteiger partial charge >= 0.3 is 12.1 Å². The first-order valence-electron chi connectivity index (χ1n) is 11.7. The average Bonchev–Trinajstić information content (AvgIpc) is 3.34. The Bertz CT molecular complexity index is 1460. The van der Waals surface area contributed by atoms with E-state index in [0.29, 0.717) is 5.69 Å². The van der Waals surface area contributed by atoms with Crippen LogP contribution < -0.4 is 4.90 Å². The Hall–Kier alpha value is -4.20. The fourth-order valence-corrected chi connectivity index (χ4v) is 6.26. The van der Waals surface area contributed by atoms with Crippen LogP contribution in [0.2, 0.25) is 0 Å². The number of anilines is 1. The van der Waals surface area contributed by atoms with E-state index in [1.54, 1.807) is 47.4 Å². The summed E-state index contributed by atoms with van der Waals surface area (Å²) in [6.07, 6.45) is -1.02. The number of ketones is 2. The first-order valence-corrected chi connectivity index (χ1v) is 11.7. The fourth-order valence-electron chi connectivity index (χ4n) is 6.26. The number of hydrogen-bond acceptors (Lipinski definition) is 5. The van der Waals surface area contributed by atoms with Crippen molar-refractivity contribution < 1.29 is 32.3 Å². The molecule has 0 saturated carbocycles.